The summed E-state index contributed by atoms with van der Waals surface area (Å²) in [5, 5.41) is 11.4. The molecule has 20 heavy (non-hydrogen) atoms. The van der Waals surface area contributed by atoms with Gasteiger partial charge >= 0.3 is 5.97 Å². The van der Waals surface area contributed by atoms with E-state index in [1.165, 1.54) is 0 Å². The molecule has 0 spiro atoms. The smallest absolute Gasteiger partial charge is 0.303 e. The van der Waals surface area contributed by atoms with Crippen molar-refractivity contribution in [2.75, 3.05) is 6.61 Å². The molecule has 0 aromatic heterocycles. The van der Waals surface area contributed by atoms with E-state index in [4.69, 9.17) is 9.84 Å². The van der Waals surface area contributed by atoms with E-state index in [1.54, 1.807) is 19.9 Å². The molecule has 1 aromatic carbocycles. The van der Waals surface area contributed by atoms with Crippen molar-refractivity contribution in [3.05, 3.63) is 27.8 Å². The summed E-state index contributed by atoms with van der Waals surface area (Å²) in [5.41, 5.74) is -0.566. The van der Waals surface area contributed by atoms with Crippen molar-refractivity contribution in [1.29, 1.82) is 0 Å². The van der Waals surface area contributed by atoms with Gasteiger partial charge < -0.3 is 15.2 Å². The number of benzene rings is 1. The van der Waals surface area contributed by atoms with E-state index in [2.05, 4.69) is 27.9 Å². The molecule has 0 saturated heterocycles. The molecule has 0 unspecified atom stereocenters. The topological polar surface area (TPSA) is 75.6 Å². The van der Waals surface area contributed by atoms with E-state index in [0.717, 1.165) is 3.57 Å². The summed E-state index contributed by atoms with van der Waals surface area (Å²) in [6, 6.07) is 7.41. The SMILES string of the molecule is CC(C)(CCC(=O)O)NC(=O)COc1cccc(I)c1. The van der Waals surface area contributed by atoms with E-state index in [0.29, 0.717) is 12.2 Å². The van der Waals surface area contributed by atoms with Crippen LogP contribution in [0.4, 0.5) is 0 Å². The van der Waals surface area contributed by atoms with E-state index in [9.17, 15) is 9.59 Å². The molecular weight excluding hydrogens is 373 g/mol. The normalized spacial score (nSPS) is 10.9. The molecule has 5 nitrogen and oxygen atoms in total. The third-order valence-electron chi connectivity index (χ3n) is 2.61. The Morgan fingerprint density at radius 1 is 1.40 bits per heavy atom. The van der Waals surface area contributed by atoms with E-state index < -0.39 is 11.5 Å². The maximum absolute atomic E-state index is 11.8. The molecule has 0 radical (unpaired) electrons. The number of halogens is 1. The van der Waals surface area contributed by atoms with E-state index in [1.807, 2.05) is 18.2 Å². The van der Waals surface area contributed by atoms with E-state index in [-0.39, 0.29) is 18.9 Å². The number of carboxylic acid groups (broad SMARTS) is 1. The lowest BCUT2D eigenvalue weighted by molar-refractivity contribution is -0.138. The Bertz CT molecular complexity index is 488. The molecule has 6 heteroatoms. The van der Waals surface area contributed by atoms with Gasteiger partial charge in [0.1, 0.15) is 5.75 Å². The molecule has 110 valence electrons. The average molecular weight is 391 g/mol. The minimum absolute atomic E-state index is 0.0189. The Labute approximate surface area is 131 Å². The van der Waals surface area contributed by atoms with Crippen LogP contribution < -0.4 is 10.1 Å². The number of ether oxygens (including phenoxy) is 1. The second-order valence-electron chi connectivity index (χ2n) is 5.07. The second-order valence-corrected chi connectivity index (χ2v) is 6.32. The van der Waals surface area contributed by atoms with Crippen molar-refractivity contribution in [2.45, 2.75) is 32.2 Å². The molecular formula is C14H18INO4. The minimum atomic E-state index is -0.873. The van der Waals surface area contributed by atoms with Crippen molar-refractivity contribution in [3.63, 3.8) is 0 Å². The van der Waals surface area contributed by atoms with Crippen LogP contribution in [0.1, 0.15) is 26.7 Å². The molecule has 0 aliphatic rings. The fourth-order valence-electron chi connectivity index (χ4n) is 1.60. The highest BCUT2D eigenvalue weighted by Gasteiger charge is 2.21. The summed E-state index contributed by atoms with van der Waals surface area (Å²) in [6.07, 6.45) is 0.391. The monoisotopic (exact) mass is 391 g/mol. The summed E-state index contributed by atoms with van der Waals surface area (Å²) in [5.74, 6) is -0.503. The molecule has 0 aliphatic heterocycles. The Balaban J connectivity index is 2.41. The first kappa shape index (κ1) is 16.7. The molecule has 0 heterocycles. The number of hydrogen-bond donors (Lipinski definition) is 2. The first-order valence-corrected chi connectivity index (χ1v) is 7.27. The lowest BCUT2D eigenvalue weighted by atomic mass is 9.98. The molecule has 1 aromatic rings. The van der Waals surface area contributed by atoms with Gasteiger partial charge in [0.25, 0.3) is 5.91 Å². The van der Waals surface area contributed by atoms with Crippen LogP contribution in [0.5, 0.6) is 5.75 Å². The average Bonchev–Trinajstić information content (AvgIpc) is 2.34. The van der Waals surface area contributed by atoms with Gasteiger partial charge in [0, 0.05) is 15.5 Å². The number of carbonyl (C=O) groups excluding carboxylic acids is 1. The summed E-state index contributed by atoms with van der Waals surface area (Å²) >= 11 is 2.17. The quantitative estimate of drug-likeness (QED) is 0.701. The first-order chi connectivity index (χ1) is 9.28. The van der Waals surface area contributed by atoms with Crippen molar-refractivity contribution in [3.8, 4) is 5.75 Å². The van der Waals surface area contributed by atoms with Gasteiger partial charge in [0.2, 0.25) is 0 Å². The first-order valence-electron chi connectivity index (χ1n) is 6.20. The third kappa shape index (κ3) is 6.74. The van der Waals surface area contributed by atoms with Crippen molar-refractivity contribution < 1.29 is 19.4 Å². The zero-order valence-corrected chi connectivity index (χ0v) is 13.6. The van der Waals surface area contributed by atoms with Crippen LogP contribution in [0, 0.1) is 3.57 Å². The maximum Gasteiger partial charge on any atom is 0.303 e. The standard InChI is InChI=1S/C14H18INO4/c1-14(2,7-6-13(18)19)16-12(17)9-20-11-5-3-4-10(15)8-11/h3-5,8H,6-7,9H2,1-2H3,(H,16,17)(H,18,19). The molecule has 1 amide bonds. The summed E-state index contributed by atoms with van der Waals surface area (Å²) < 4.78 is 6.42. The van der Waals surface area contributed by atoms with Crippen LogP contribution in [-0.2, 0) is 9.59 Å². The number of carboxylic acids is 1. The van der Waals surface area contributed by atoms with Gasteiger partial charge in [-0.05, 0) is 61.1 Å². The zero-order valence-electron chi connectivity index (χ0n) is 11.5. The maximum atomic E-state index is 11.8. The molecule has 0 fully saturated rings. The van der Waals surface area contributed by atoms with Crippen molar-refractivity contribution in [2.24, 2.45) is 0 Å². The second kappa shape index (κ2) is 7.47. The lowest BCUT2D eigenvalue weighted by Crippen LogP contribution is -2.45. The number of aliphatic carboxylic acids is 1. The van der Waals surface area contributed by atoms with Crippen molar-refractivity contribution >= 4 is 34.5 Å². The molecule has 1 rings (SSSR count). The highest BCUT2D eigenvalue weighted by Crippen LogP contribution is 2.15. The minimum Gasteiger partial charge on any atom is -0.484 e. The summed E-state index contributed by atoms with van der Waals surface area (Å²) in [4.78, 5) is 22.3. The van der Waals surface area contributed by atoms with Gasteiger partial charge in [0.15, 0.2) is 6.61 Å². The van der Waals surface area contributed by atoms with Gasteiger partial charge in [-0.25, -0.2) is 0 Å². The van der Waals surface area contributed by atoms with Gasteiger partial charge in [-0.3, -0.25) is 9.59 Å². The highest BCUT2D eigenvalue weighted by atomic mass is 127. The predicted molar refractivity (Wildman–Crippen MR) is 83.7 cm³/mol. The third-order valence-corrected chi connectivity index (χ3v) is 3.28. The van der Waals surface area contributed by atoms with Crippen LogP contribution in [0.2, 0.25) is 0 Å². The fourth-order valence-corrected chi connectivity index (χ4v) is 2.12. The van der Waals surface area contributed by atoms with Crippen LogP contribution >= 0.6 is 22.6 Å². The van der Waals surface area contributed by atoms with Crippen LogP contribution in [0.3, 0.4) is 0 Å². The van der Waals surface area contributed by atoms with Crippen LogP contribution in [0.25, 0.3) is 0 Å². The molecule has 0 atom stereocenters. The Kier molecular flexibility index (Phi) is 6.25. The Morgan fingerprint density at radius 2 is 2.10 bits per heavy atom. The summed E-state index contributed by atoms with van der Waals surface area (Å²) in [6.45, 7) is 3.50. The number of carbonyl (C=O) groups is 2. The number of hydrogen-bond acceptors (Lipinski definition) is 3. The largest absolute Gasteiger partial charge is 0.484 e. The number of rotatable bonds is 7. The number of nitrogens with one attached hydrogen (secondary N) is 1. The Hall–Kier alpha value is -1.31. The zero-order chi connectivity index (χ0) is 15.2. The molecule has 2 N–H and O–H groups in total. The Morgan fingerprint density at radius 3 is 2.70 bits per heavy atom. The lowest BCUT2D eigenvalue weighted by Gasteiger charge is -2.25. The van der Waals surface area contributed by atoms with E-state index >= 15 is 0 Å². The van der Waals surface area contributed by atoms with Gasteiger partial charge in [-0.15, -0.1) is 0 Å². The highest BCUT2D eigenvalue weighted by molar-refractivity contribution is 14.1. The van der Waals surface area contributed by atoms with Gasteiger partial charge in [-0.1, -0.05) is 6.07 Å². The predicted octanol–water partition coefficient (Wildman–Crippen LogP) is 2.43. The molecule has 0 aliphatic carbocycles. The number of amides is 1. The molecule has 0 bridgehead atoms. The van der Waals surface area contributed by atoms with Crippen LogP contribution in [0.15, 0.2) is 24.3 Å². The summed E-state index contributed by atoms with van der Waals surface area (Å²) in [7, 11) is 0. The van der Waals surface area contributed by atoms with Gasteiger partial charge in [0.05, 0.1) is 0 Å². The van der Waals surface area contributed by atoms with Crippen LogP contribution in [-0.4, -0.2) is 29.1 Å². The van der Waals surface area contributed by atoms with Gasteiger partial charge in [-0.2, -0.15) is 0 Å². The van der Waals surface area contributed by atoms with Crippen molar-refractivity contribution in [1.82, 2.24) is 5.32 Å². The fraction of sp³-hybridized carbons (Fsp3) is 0.429. The molecule has 0 saturated carbocycles.